The standard InChI is InChI=1S/C4H4N6O2S/c5-9-7-3-1-2-13(11,12)4(3)8-10-6/h1-2H2. The van der Waals surface area contributed by atoms with Crippen molar-refractivity contribution in [2.75, 3.05) is 5.75 Å². The van der Waals surface area contributed by atoms with Gasteiger partial charge in [-0.2, -0.15) is 0 Å². The van der Waals surface area contributed by atoms with Crippen LogP contribution in [-0.4, -0.2) is 14.2 Å². The van der Waals surface area contributed by atoms with E-state index in [4.69, 9.17) is 11.1 Å². The van der Waals surface area contributed by atoms with E-state index in [-0.39, 0.29) is 17.9 Å². The fourth-order valence-electron chi connectivity index (χ4n) is 0.921. The highest BCUT2D eigenvalue weighted by Crippen LogP contribution is 2.27. The first-order chi connectivity index (χ1) is 6.11. The maximum absolute atomic E-state index is 11.1. The zero-order valence-corrected chi connectivity index (χ0v) is 7.14. The van der Waals surface area contributed by atoms with Gasteiger partial charge < -0.3 is 0 Å². The lowest BCUT2D eigenvalue weighted by molar-refractivity contribution is 0.604. The summed E-state index contributed by atoms with van der Waals surface area (Å²) >= 11 is 0. The van der Waals surface area contributed by atoms with Crippen molar-refractivity contribution in [2.24, 2.45) is 10.2 Å². The van der Waals surface area contributed by atoms with Crippen LogP contribution in [0.3, 0.4) is 0 Å². The van der Waals surface area contributed by atoms with E-state index >= 15 is 0 Å². The van der Waals surface area contributed by atoms with Crippen LogP contribution in [0, 0.1) is 0 Å². The van der Waals surface area contributed by atoms with Crippen molar-refractivity contribution < 1.29 is 8.42 Å². The predicted octanol–water partition coefficient (Wildman–Crippen LogP) is 1.59. The summed E-state index contributed by atoms with van der Waals surface area (Å²) in [4.78, 5) is 4.79. The molecule has 13 heavy (non-hydrogen) atoms. The molecule has 0 bridgehead atoms. The van der Waals surface area contributed by atoms with E-state index in [0.717, 1.165) is 0 Å². The molecule has 68 valence electrons. The predicted molar refractivity (Wildman–Crippen MR) is 43.7 cm³/mol. The summed E-state index contributed by atoms with van der Waals surface area (Å²) in [5.41, 5.74) is 16.1. The molecule has 1 heterocycles. The van der Waals surface area contributed by atoms with E-state index in [1.807, 2.05) is 0 Å². The minimum atomic E-state index is -3.53. The molecule has 1 aliphatic heterocycles. The molecule has 0 atom stereocenters. The van der Waals surface area contributed by atoms with Crippen LogP contribution in [0.1, 0.15) is 6.42 Å². The first kappa shape index (κ1) is 9.40. The van der Waals surface area contributed by atoms with Crippen LogP contribution in [0.25, 0.3) is 20.9 Å². The maximum atomic E-state index is 11.1. The summed E-state index contributed by atoms with van der Waals surface area (Å²) < 4.78 is 22.3. The lowest BCUT2D eigenvalue weighted by Gasteiger charge is -1.91. The third kappa shape index (κ3) is 1.73. The fraction of sp³-hybridized carbons (Fsp3) is 0.500. The molecule has 0 unspecified atom stereocenters. The van der Waals surface area contributed by atoms with Gasteiger partial charge in [0, 0.05) is 15.5 Å². The fourth-order valence-corrected chi connectivity index (χ4v) is 2.24. The van der Waals surface area contributed by atoms with Crippen molar-refractivity contribution in [3.63, 3.8) is 0 Å². The summed E-state index contributed by atoms with van der Waals surface area (Å²) in [6.07, 6.45) is 0.0980. The number of rotatable bonds is 2. The smallest absolute Gasteiger partial charge is 0.181 e. The van der Waals surface area contributed by atoms with Crippen molar-refractivity contribution in [1.29, 1.82) is 0 Å². The van der Waals surface area contributed by atoms with Gasteiger partial charge in [-0.15, -0.1) is 0 Å². The molecular weight excluding hydrogens is 196 g/mol. The average molecular weight is 200 g/mol. The number of allylic oxidation sites excluding steroid dienone is 1. The topological polar surface area (TPSA) is 132 Å². The third-order valence-electron chi connectivity index (χ3n) is 1.45. The zero-order chi connectivity index (χ0) is 9.90. The molecule has 0 spiro atoms. The Labute approximate surface area is 73.0 Å². The number of azide groups is 2. The molecule has 0 aromatic heterocycles. The zero-order valence-electron chi connectivity index (χ0n) is 6.32. The van der Waals surface area contributed by atoms with Gasteiger partial charge in [0.25, 0.3) is 0 Å². The normalized spacial score (nSPS) is 19.1. The van der Waals surface area contributed by atoms with E-state index in [2.05, 4.69) is 20.1 Å². The Morgan fingerprint density at radius 3 is 2.38 bits per heavy atom. The number of hydrogen-bond donors (Lipinski definition) is 0. The quantitative estimate of drug-likeness (QED) is 0.380. The average Bonchev–Trinajstić information content (AvgIpc) is 2.33. The molecule has 1 rings (SSSR count). The molecule has 0 saturated heterocycles. The first-order valence-corrected chi connectivity index (χ1v) is 4.83. The monoisotopic (exact) mass is 200 g/mol. The van der Waals surface area contributed by atoms with Crippen molar-refractivity contribution in [2.45, 2.75) is 6.42 Å². The molecule has 0 aromatic rings. The molecule has 0 aromatic carbocycles. The van der Waals surface area contributed by atoms with Gasteiger partial charge in [-0.1, -0.05) is 5.11 Å². The Balaban J connectivity index is 3.36. The molecular formula is C4H4N6O2S. The molecule has 0 saturated carbocycles. The lowest BCUT2D eigenvalue weighted by atomic mass is 10.4. The van der Waals surface area contributed by atoms with Crippen LogP contribution in [0.15, 0.2) is 21.0 Å². The Morgan fingerprint density at radius 2 is 1.85 bits per heavy atom. The van der Waals surface area contributed by atoms with Crippen LogP contribution in [-0.2, 0) is 9.84 Å². The first-order valence-electron chi connectivity index (χ1n) is 3.18. The van der Waals surface area contributed by atoms with Gasteiger partial charge in [0.2, 0.25) is 0 Å². The Kier molecular flexibility index (Phi) is 2.43. The number of nitrogens with zero attached hydrogens (tertiary/aromatic N) is 6. The highest BCUT2D eigenvalue weighted by Gasteiger charge is 2.27. The van der Waals surface area contributed by atoms with Gasteiger partial charge in [-0.05, 0) is 22.6 Å². The Morgan fingerprint density at radius 1 is 1.23 bits per heavy atom. The summed E-state index contributed by atoms with van der Waals surface area (Å²) in [5.74, 6) is -0.171. The summed E-state index contributed by atoms with van der Waals surface area (Å²) in [5, 5.41) is 5.67. The van der Waals surface area contributed by atoms with Crippen molar-refractivity contribution in [3.8, 4) is 0 Å². The highest BCUT2D eigenvalue weighted by atomic mass is 32.2. The van der Waals surface area contributed by atoms with Gasteiger partial charge in [0.15, 0.2) is 9.84 Å². The lowest BCUT2D eigenvalue weighted by Crippen LogP contribution is -1.99. The molecule has 8 nitrogen and oxygen atoms in total. The van der Waals surface area contributed by atoms with E-state index in [0.29, 0.717) is 0 Å². The minimum absolute atomic E-state index is 0.0136. The third-order valence-corrected chi connectivity index (χ3v) is 3.10. The van der Waals surface area contributed by atoms with Gasteiger partial charge in [-0.25, -0.2) is 8.42 Å². The second-order valence-electron chi connectivity index (χ2n) is 2.20. The van der Waals surface area contributed by atoms with Crippen LogP contribution in [0.5, 0.6) is 0 Å². The molecule has 0 aliphatic carbocycles. The van der Waals surface area contributed by atoms with Crippen LogP contribution < -0.4 is 0 Å². The molecule has 0 fully saturated rings. The van der Waals surface area contributed by atoms with Gasteiger partial charge in [-0.3, -0.25) is 0 Å². The molecule has 9 heteroatoms. The van der Waals surface area contributed by atoms with Crippen molar-refractivity contribution in [3.05, 3.63) is 31.6 Å². The number of sulfone groups is 1. The highest BCUT2D eigenvalue weighted by molar-refractivity contribution is 7.95. The van der Waals surface area contributed by atoms with Gasteiger partial charge in [0.05, 0.1) is 5.75 Å². The van der Waals surface area contributed by atoms with Crippen molar-refractivity contribution >= 4 is 9.84 Å². The van der Waals surface area contributed by atoms with E-state index in [1.165, 1.54) is 0 Å². The largest absolute Gasteiger partial charge is 0.224 e. The van der Waals surface area contributed by atoms with Crippen molar-refractivity contribution in [1.82, 2.24) is 0 Å². The summed E-state index contributed by atoms with van der Waals surface area (Å²) in [6.45, 7) is 0. The van der Waals surface area contributed by atoms with Crippen LogP contribution in [0.2, 0.25) is 0 Å². The van der Waals surface area contributed by atoms with E-state index in [1.54, 1.807) is 0 Å². The second kappa shape index (κ2) is 3.36. The maximum Gasteiger partial charge on any atom is 0.181 e. The number of hydrogen-bond acceptors (Lipinski definition) is 4. The molecule has 0 N–H and O–H groups in total. The molecule has 0 radical (unpaired) electrons. The Hall–Kier alpha value is -1.69. The van der Waals surface area contributed by atoms with Gasteiger partial charge in [0.1, 0.15) is 5.03 Å². The van der Waals surface area contributed by atoms with E-state index in [9.17, 15) is 8.42 Å². The van der Waals surface area contributed by atoms with Crippen LogP contribution in [0.4, 0.5) is 0 Å². The Bertz CT molecular complexity index is 449. The minimum Gasteiger partial charge on any atom is -0.224 e. The molecule has 1 aliphatic rings. The van der Waals surface area contributed by atoms with Gasteiger partial charge >= 0.3 is 0 Å². The van der Waals surface area contributed by atoms with Crippen LogP contribution >= 0.6 is 0 Å². The SMILES string of the molecule is [N-]=[N+]=NC1=C(N=[N+]=[N-])S(=O)(=O)CC1. The summed E-state index contributed by atoms with van der Waals surface area (Å²) in [7, 11) is -3.53. The summed E-state index contributed by atoms with van der Waals surface area (Å²) in [6, 6.07) is 0. The second-order valence-corrected chi connectivity index (χ2v) is 4.22. The molecule has 0 amide bonds. The van der Waals surface area contributed by atoms with E-state index < -0.39 is 14.9 Å².